The Morgan fingerprint density at radius 3 is 2.50 bits per heavy atom. The Morgan fingerprint density at radius 2 is 2.00 bits per heavy atom. The molecule has 1 aromatic heterocycles. The Labute approximate surface area is 102 Å². The third-order valence-electron chi connectivity index (χ3n) is 2.08. The number of hydrogen-bond acceptors (Lipinski definition) is 4. The van der Waals surface area contributed by atoms with Gasteiger partial charge in [-0.05, 0) is 12.1 Å². The van der Waals surface area contributed by atoms with E-state index >= 15 is 0 Å². The fourth-order valence-electron chi connectivity index (χ4n) is 1.29. The Hall–Kier alpha value is -2.44. The summed E-state index contributed by atoms with van der Waals surface area (Å²) in [6, 6.07) is 3.57. The van der Waals surface area contributed by atoms with E-state index in [0.29, 0.717) is 5.69 Å². The van der Waals surface area contributed by atoms with Gasteiger partial charge in [0.2, 0.25) is 5.91 Å². The predicted molar refractivity (Wildman–Crippen MR) is 59.8 cm³/mol. The molecule has 1 rings (SSSR count). The van der Waals surface area contributed by atoms with Crippen LogP contribution in [0.4, 0.5) is 0 Å². The van der Waals surface area contributed by atoms with Crippen molar-refractivity contribution in [1.82, 2.24) is 10.3 Å². The van der Waals surface area contributed by atoms with Gasteiger partial charge in [0.1, 0.15) is 6.04 Å². The standard InChI is InChI=1S/C11H12N2O5/c14-9(5-7-3-1-2-4-12-7)13-8(11(17)18)6-10(15)16/h1-4,8H,5-6H2,(H,13,14)(H,15,16)(H,17,18). The molecule has 0 saturated heterocycles. The van der Waals surface area contributed by atoms with Crippen molar-refractivity contribution in [3.63, 3.8) is 0 Å². The quantitative estimate of drug-likeness (QED) is 0.638. The maximum Gasteiger partial charge on any atom is 0.326 e. The minimum absolute atomic E-state index is 0.0930. The van der Waals surface area contributed by atoms with Gasteiger partial charge in [0, 0.05) is 11.9 Å². The van der Waals surface area contributed by atoms with E-state index in [2.05, 4.69) is 10.3 Å². The third-order valence-corrected chi connectivity index (χ3v) is 2.08. The summed E-state index contributed by atoms with van der Waals surface area (Å²) in [7, 11) is 0. The Balaban J connectivity index is 2.56. The maximum atomic E-state index is 11.5. The molecule has 18 heavy (non-hydrogen) atoms. The molecule has 0 saturated carbocycles. The van der Waals surface area contributed by atoms with Crippen LogP contribution >= 0.6 is 0 Å². The number of rotatable bonds is 6. The van der Waals surface area contributed by atoms with E-state index in [9.17, 15) is 14.4 Å². The highest BCUT2D eigenvalue weighted by atomic mass is 16.4. The zero-order valence-electron chi connectivity index (χ0n) is 9.37. The normalized spacial score (nSPS) is 11.6. The first-order valence-electron chi connectivity index (χ1n) is 5.13. The van der Waals surface area contributed by atoms with E-state index < -0.39 is 30.3 Å². The fraction of sp³-hybridized carbons (Fsp3) is 0.273. The minimum Gasteiger partial charge on any atom is -0.481 e. The average molecular weight is 252 g/mol. The molecule has 0 aliphatic rings. The summed E-state index contributed by atoms with van der Waals surface area (Å²) in [5, 5.41) is 19.4. The number of pyridine rings is 1. The van der Waals surface area contributed by atoms with Crippen LogP contribution in [0.3, 0.4) is 0 Å². The molecule has 1 atom stereocenters. The van der Waals surface area contributed by atoms with Gasteiger partial charge in [-0.25, -0.2) is 4.79 Å². The second-order valence-electron chi connectivity index (χ2n) is 3.55. The van der Waals surface area contributed by atoms with Gasteiger partial charge in [-0.3, -0.25) is 14.6 Å². The van der Waals surface area contributed by atoms with Gasteiger partial charge >= 0.3 is 11.9 Å². The Kier molecular flexibility index (Phi) is 4.79. The molecule has 0 bridgehead atoms. The zero-order chi connectivity index (χ0) is 13.5. The lowest BCUT2D eigenvalue weighted by atomic mass is 10.2. The van der Waals surface area contributed by atoms with Gasteiger partial charge in [-0.1, -0.05) is 6.07 Å². The van der Waals surface area contributed by atoms with Crippen LogP contribution in [0.25, 0.3) is 0 Å². The number of aromatic nitrogens is 1. The highest BCUT2D eigenvalue weighted by Gasteiger charge is 2.22. The van der Waals surface area contributed by atoms with Gasteiger partial charge in [0.15, 0.2) is 0 Å². The molecule has 1 heterocycles. The van der Waals surface area contributed by atoms with Gasteiger partial charge in [-0.2, -0.15) is 0 Å². The number of hydrogen-bond donors (Lipinski definition) is 3. The summed E-state index contributed by atoms with van der Waals surface area (Å²) in [6.07, 6.45) is 0.752. The molecule has 0 radical (unpaired) electrons. The molecule has 1 unspecified atom stereocenters. The SMILES string of the molecule is O=C(O)CC(NC(=O)Cc1ccccn1)C(=O)O. The number of nitrogens with one attached hydrogen (secondary N) is 1. The summed E-state index contributed by atoms with van der Waals surface area (Å²) in [5.74, 6) is -3.25. The van der Waals surface area contributed by atoms with E-state index in [-0.39, 0.29) is 6.42 Å². The highest BCUT2D eigenvalue weighted by Crippen LogP contribution is 1.97. The van der Waals surface area contributed by atoms with Gasteiger partial charge in [0.05, 0.1) is 12.8 Å². The molecule has 0 aliphatic heterocycles. The van der Waals surface area contributed by atoms with Crippen molar-refractivity contribution in [2.75, 3.05) is 0 Å². The number of carboxylic acid groups (broad SMARTS) is 2. The first-order chi connectivity index (χ1) is 8.49. The number of amides is 1. The summed E-state index contributed by atoms with van der Waals surface area (Å²) >= 11 is 0. The van der Waals surface area contributed by atoms with Crippen molar-refractivity contribution in [1.29, 1.82) is 0 Å². The topological polar surface area (TPSA) is 117 Å². The molecule has 0 aromatic carbocycles. The molecular formula is C11H12N2O5. The van der Waals surface area contributed by atoms with Gasteiger partial charge < -0.3 is 15.5 Å². The van der Waals surface area contributed by atoms with Crippen LogP contribution in [0, 0.1) is 0 Å². The van der Waals surface area contributed by atoms with E-state index in [4.69, 9.17) is 10.2 Å². The second kappa shape index (κ2) is 6.33. The van der Waals surface area contributed by atoms with Crippen molar-refractivity contribution in [3.8, 4) is 0 Å². The van der Waals surface area contributed by atoms with Crippen molar-refractivity contribution in [2.24, 2.45) is 0 Å². The van der Waals surface area contributed by atoms with E-state index in [0.717, 1.165) is 0 Å². The van der Waals surface area contributed by atoms with Crippen molar-refractivity contribution in [3.05, 3.63) is 30.1 Å². The van der Waals surface area contributed by atoms with Crippen LogP contribution in [0.5, 0.6) is 0 Å². The Bertz CT molecular complexity index is 446. The largest absolute Gasteiger partial charge is 0.481 e. The fourth-order valence-corrected chi connectivity index (χ4v) is 1.29. The minimum atomic E-state index is -1.43. The molecular weight excluding hydrogens is 240 g/mol. The van der Waals surface area contributed by atoms with Crippen LogP contribution < -0.4 is 5.32 Å². The second-order valence-corrected chi connectivity index (χ2v) is 3.55. The van der Waals surface area contributed by atoms with Crippen LogP contribution in [0.1, 0.15) is 12.1 Å². The van der Waals surface area contributed by atoms with Crippen LogP contribution in [-0.4, -0.2) is 39.1 Å². The molecule has 0 aliphatic carbocycles. The maximum absolute atomic E-state index is 11.5. The lowest BCUT2D eigenvalue weighted by molar-refractivity contribution is -0.147. The first kappa shape index (κ1) is 13.6. The molecule has 3 N–H and O–H groups in total. The van der Waals surface area contributed by atoms with Crippen molar-refractivity contribution in [2.45, 2.75) is 18.9 Å². The number of nitrogens with zero attached hydrogens (tertiary/aromatic N) is 1. The molecule has 7 nitrogen and oxygen atoms in total. The summed E-state index contributed by atoms with van der Waals surface area (Å²) in [4.78, 5) is 36.6. The van der Waals surface area contributed by atoms with Crippen LogP contribution in [-0.2, 0) is 20.8 Å². The first-order valence-corrected chi connectivity index (χ1v) is 5.13. The summed E-state index contributed by atoms with van der Waals surface area (Å²) < 4.78 is 0. The number of carboxylic acids is 2. The highest BCUT2D eigenvalue weighted by molar-refractivity contribution is 5.87. The number of carbonyl (C=O) groups is 3. The smallest absolute Gasteiger partial charge is 0.326 e. The molecule has 96 valence electrons. The number of aliphatic carboxylic acids is 2. The van der Waals surface area contributed by atoms with Crippen LogP contribution in [0.2, 0.25) is 0 Å². The summed E-state index contributed by atoms with van der Waals surface area (Å²) in [5.41, 5.74) is 0.481. The van der Waals surface area contributed by atoms with Gasteiger partial charge in [0.25, 0.3) is 0 Å². The Morgan fingerprint density at radius 1 is 1.28 bits per heavy atom. The molecule has 1 aromatic rings. The predicted octanol–water partition coefficient (Wildman–Crippen LogP) is -0.332. The summed E-state index contributed by atoms with van der Waals surface area (Å²) in [6.45, 7) is 0. The third kappa shape index (κ3) is 4.60. The van der Waals surface area contributed by atoms with Crippen LogP contribution in [0.15, 0.2) is 24.4 Å². The molecule has 0 spiro atoms. The number of carbonyl (C=O) groups excluding carboxylic acids is 1. The van der Waals surface area contributed by atoms with E-state index in [1.165, 1.54) is 6.20 Å². The molecule has 7 heteroatoms. The van der Waals surface area contributed by atoms with Crippen molar-refractivity contribution < 1.29 is 24.6 Å². The molecule has 0 fully saturated rings. The lowest BCUT2D eigenvalue weighted by Crippen LogP contribution is -2.42. The van der Waals surface area contributed by atoms with Crippen molar-refractivity contribution >= 4 is 17.8 Å². The van der Waals surface area contributed by atoms with E-state index in [1.807, 2.05) is 0 Å². The van der Waals surface area contributed by atoms with E-state index in [1.54, 1.807) is 18.2 Å². The zero-order valence-corrected chi connectivity index (χ0v) is 9.37. The average Bonchev–Trinajstić information content (AvgIpc) is 2.28. The molecule has 1 amide bonds. The monoisotopic (exact) mass is 252 g/mol. The van der Waals surface area contributed by atoms with Gasteiger partial charge in [-0.15, -0.1) is 0 Å². The lowest BCUT2D eigenvalue weighted by Gasteiger charge is -2.11.